The van der Waals surface area contributed by atoms with Gasteiger partial charge in [0.2, 0.25) is 11.8 Å². The minimum atomic E-state index is -0.214. The second-order valence-corrected chi connectivity index (χ2v) is 6.45. The first-order valence-corrected chi connectivity index (χ1v) is 9.37. The normalized spacial score (nSPS) is 18.4. The zero-order chi connectivity index (χ0) is 19.9. The minimum absolute atomic E-state index is 0.0323. The molecule has 9 heteroatoms. The Morgan fingerprint density at radius 1 is 1.43 bits per heavy atom. The predicted molar refractivity (Wildman–Crippen MR) is 105 cm³/mol. The molecule has 0 spiro atoms. The van der Waals surface area contributed by atoms with Gasteiger partial charge in [-0.3, -0.25) is 9.79 Å². The number of aliphatic imine (C=N–C) groups is 1. The van der Waals surface area contributed by atoms with Crippen LogP contribution in [0.4, 0.5) is 5.69 Å². The Balaban J connectivity index is 1.52. The Morgan fingerprint density at radius 2 is 2.21 bits per heavy atom. The molecule has 2 aromatic rings. The van der Waals surface area contributed by atoms with Gasteiger partial charge >= 0.3 is 0 Å². The highest BCUT2D eigenvalue weighted by atomic mass is 16.5. The average molecular weight is 386 g/mol. The number of rotatable bonds is 7. The number of carbonyl (C=O) groups excluding carboxylic acids is 1. The van der Waals surface area contributed by atoms with Crippen molar-refractivity contribution in [2.75, 3.05) is 25.1 Å². The lowest BCUT2D eigenvalue weighted by Crippen LogP contribution is -2.44. The van der Waals surface area contributed by atoms with Gasteiger partial charge in [0.15, 0.2) is 11.8 Å². The summed E-state index contributed by atoms with van der Waals surface area (Å²) in [6.45, 7) is 5.29. The maximum atomic E-state index is 12.3. The summed E-state index contributed by atoms with van der Waals surface area (Å²) in [5.41, 5.74) is 0.904. The molecule has 2 atom stereocenters. The predicted octanol–water partition coefficient (Wildman–Crippen LogP) is 1.64. The summed E-state index contributed by atoms with van der Waals surface area (Å²) in [5, 5.41) is 10.3. The van der Waals surface area contributed by atoms with Crippen molar-refractivity contribution in [3.05, 3.63) is 42.0 Å². The molecule has 1 saturated heterocycles. The van der Waals surface area contributed by atoms with Crippen molar-refractivity contribution in [3.63, 3.8) is 0 Å². The van der Waals surface area contributed by atoms with Crippen LogP contribution in [0.5, 0.6) is 0 Å². The number of nitrogens with zero attached hydrogens (tertiary/aromatic N) is 4. The zero-order valence-corrected chi connectivity index (χ0v) is 16.4. The van der Waals surface area contributed by atoms with Crippen LogP contribution >= 0.6 is 0 Å². The van der Waals surface area contributed by atoms with E-state index in [0.717, 1.165) is 5.69 Å². The van der Waals surface area contributed by atoms with E-state index >= 15 is 0 Å². The van der Waals surface area contributed by atoms with Crippen LogP contribution in [-0.4, -0.2) is 48.2 Å². The number of guanidine groups is 1. The fourth-order valence-electron chi connectivity index (χ4n) is 3.04. The van der Waals surface area contributed by atoms with Crippen molar-refractivity contribution in [1.82, 2.24) is 20.8 Å². The van der Waals surface area contributed by atoms with Crippen molar-refractivity contribution < 1.29 is 14.1 Å². The molecule has 1 amide bonds. The number of hydrogen-bond acceptors (Lipinski definition) is 6. The SMILES string of the molecule is CCOC(C)c1noc(CNC(=NC)NC2CC(=O)N(c3ccccc3)C2)n1. The van der Waals surface area contributed by atoms with E-state index in [2.05, 4.69) is 25.8 Å². The van der Waals surface area contributed by atoms with Crippen molar-refractivity contribution in [2.45, 2.75) is 39.0 Å². The quantitative estimate of drug-likeness (QED) is 0.550. The Bertz CT molecular complexity index is 807. The van der Waals surface area contributed by atoms with E-state index in [0.29, 0.717) is 43.8 Å². The number of anilines is 1. The number of nitrogens with one attached hydrogen (secondary N) is 2. The van der Waals surface area contributed by atoms with E-state index in [1.807, 2.05) is 44.2 Å². The maximum Gasteiger partial charge on any atom is 0.246 e. The monoisotopic (exact) mass is 386 g/mol. The first-order chi connectivity index (χ1) is 13.6. The number of carbonyl (C=O) groups is 1. The lowest BCUT2D eigenvalue weighted by atomic mass is 10.2. The molecule has 2 heterocycles. The topological polar surface area (TPSA) is 105 Å². The van der Waals surface area contributed by atoms with E-state index in [-0.39, 0.29) is 18.1 Å². The van der Waals surface area contributed by atoms with Gasteiger partial charge in [-0.25, -0.2) is 0 Å². The molecule has 0 bridgehead atoms. The Labute approximate surface area is 164 Å². The summed E-state index contributed by atoms with van der Waals surface area (Å²) < 4.78 is 10.7. The lowest BCUT2D eigenvalue weighted by molar-refractivity contribution is -0.117. The third-order valence-corrected chi connectivity index (χ3v) is 4.43. The highest BCUT2D eigenvalue weighted by Gasteiger charge is 2.31. The van der Waals surface area contributed by atoms with E-state index in [9.17, 15) is 4.79 Å². The highest BCUT2D eigenvalue weighted by molar-refractivity contribution is 5.97. The van der Waals surface area contributed by atoms with E-state index in [4.69, 9.17) is 9.26 Å². The highest BCUT2D eigenvalue weighted by Crippen LogP contribution is 2.21. The fourth-order valence-corrected chi connectivity index (χ4v) is 3.04. The number of amides is 1. The summed E-state index contributed by atoms with van der Waals surface area (Å²) in [4.78, 5) is 22.6. The molecule has 1 aliphatic heterocycles. The molecule has 1 aromatic carbocycles. The second-order valence-electron chi connectivity index (χ2n) is 6.45. The lowest BCUT2D eigenvalue weighted by Gasteiger charge is -2.18. The summed E-state index contributed by atoms with van der Waals surface area (Å²) in [7, 11) is 1.68. The number of hydrogen-bond donors (Lipinski definition) is 2. The van der Waals surface area contributed by atoms with Crippen LogP contribution < -0.4 is 15.5 Å². The molecule has 0 radical (unpaired) electrons. The molecule has 2 N–H and O–H groups in total. The summed E-state index contributed by atoms with van der Waals surface area (Å²) >= 11 is 0. The van der Waals surface area contributed by atoms with Crippen molar-refractivity contribution >= 4 is 17.6 Å². The van der Waals surface area contributed by atoms with Crippen molar-refractivity contribution in [1.29, 1.82) is 0 Å². The average Bonchev–Trinajstić information content (AvgIpc) is 3.32. The Kier molecular flexibility index (Phi) is 6.59. The smallest absolute Gasteiger partial charge is 0.246 e. The van der Waals surface area contributed by atoms with Crippen LogP contribution in [0.1, 0.15) is 38.1 Å². The molecule has 1 aliphatic rings. The third kappa shape index (κ3) is 4.86. The molecule has 3 rings (SSSR count). The molecule has 28 heavy (non-hydrogen) atoms. The van der Waals surface area contributed by atoms with Gasteiger partial charge in [0.1, 0.15) is 6.10 Å². The minimum Gasteiger partial charge on any atom is -0.371 e. The van der Waals surface area contributed by atoms with Gasteiger partial charge in [-0.15, -0.1) is 0 Å². The van der Waals surface area contributed by atoms with E-state index in [1.54, 1.807) is 11.9 Å². The third-order valence-electron chi connectivity index (χ3n) is 4.43. The zero-order valence-electron chi connectivity index (χ0n) is 16.4. The molecule has 0 saturated carbocycles. The second kappa shape index (κ2) is 9.32. The molecule has 150 valence electrons. The standard InChI is InChI=1S/C19H26N6O3/c1-4-27-13(2)18-23-16(28-24-18)11-21-19(20-3)22-14-10-17(26)25(12-14)15-8-6-5-7-9-15/h5-9,13-14H,4,10-12H2,1-3H3,(H2,20,21,22). The molecule has 1 aromatic heterocycles. The number of benzene rings is 1. The number of para-hydroxylation sites is 1. The summed E-state index contributed by atoms with van der Waals surface area (Å²) in [5.74, 6) is 1.62. The van der Waals surface area contributed by atoms with Gasteiger partial charge in [-0.2, -0.15) is 4.98 Å². The molecule has 1 fully saturated rings. The molecule has 9 nitrogen and oxygen atoms in total. The van der Waals surface area contributed by atoms with Crippen molar-refractivity contribution in [3.8, 4) is 0 Å². The number of ether oxygens (including phenoxy) is 1. The van der Waals surface area contributed by atoms with Crippen LogP contribution in [0.25, 0.3) is 0 Å². The largest absolute Gasteiger partial charge is 0.371 e. The molecule has 2 unspecified atom stereocenters. The van der Waals surface area contributed by atoms with Gasteiger partial charge in [0.05, 0.1) is 12.6 Å². The van der Waals surface area contributed by atoms with Crippen LogP contribution in [-0.2, 0) is 16.1 Å². The maximum absolute atomic E-state index is 12.3. The Hall–Kier alpha value is -2.94. The van der Waals surface area contributed by atoms with Gasteiger partial charge in [0, 0.05) is 32.3 Å². The van der Waals surface area contributed by atoms with Crippen molar-refractivity contribution in [2.24, 2.45) is 4.99 Å². The first-order valence-electron chi connectivity index (χ1n) is 9.37. The Morgan fingerprint density at radius 3 is 2.93 bits per heavy atom. The van der Waals surface area contributed by atoms with Crippen LogP contribution in [0.2, 0.25) is 0 Å². The van der Waals surface area contributed by atoms with Gasteiger partial charge in [-0.05, 0) is 26.0 Å². The molecule has 0 aliphatic carbocycles. The van der Waals surface area contributed by atoms with Gasteiger partial charge in [0.25, 0.3) is 0 Å². The molecular weight excluding hydrogens is 360 g/mol. The summed E-state index contributed by atoms with van der Waals surface area (Å²) in [6, 6.07) is 9.62. The first kappa shape index (κ1) is 19.8. The van der Waals surface area contributed by atoms with Crippen LogP contribution in [0.15, 0.2) is 39.8 Å². The van der Waals surface area contributed by atoms with Gasteiger partial charge < -0.3 is 24.8 Å². The van der Waals surface area contributed by atoms with Gasteiger partial charge in [-0.1, -0.05) is 23.4 Å². The van der Waals surface area contributed by atoms with Crippen LogP contribution in [0.3, 0.4) is 0 Å². The number of aromatic nitrogens is 2. The summed E-state index contributed by atoms with van der Waals surface area (Å²) in [6.07, 6.45) is 0.194. The van der Waals surface area contributed by atoms with Crippen LogP contribution in [0, 0.1) is 0 Å². The molecular formula is C19H26N6O3. The van der Waals surface area contributed by atoms with E-state index in [1.165, 1.54) is 0 Å². The fraction of sp³-hybridized carbons (Fsp3) is 0.474. The van der Waals surface area contributed by atoms with E-state index < -0.39 is 0 Å².